The molecule has 1 aliphatic rings. The van der Waals surface area contributed by atoms with Gasteiger partial charge in [-0.1, -0.05) is 0 Å². The minimum atomic E-state index is -0.626. The Hall–Kier alpha value is -0.440. The quantitative estimate of drug-likeness (QED) is 0.773. The second-order valence-electron chi connectivity index (χ2n) is 4.63. The molecule has 0 aliphatic carbocycles. The number of hydrogen-bond donors (Lipinski definition) is 1. The summed E-state index contributed by atoms with van der Waals surface area (Å²) in [6.45, 7) is 5.84. The Balaban J connectivity index is 2.49. The summed E-state index contributed by atoms with van der Waals surface area (Å²) in [5.41, 5.74) is -0.462. The molecular weight excluding hydrogens is 222 g/mol. The molecule has 1 N–H and O–H groups in total. The molecule has 1 saturated heterocycles. The van der Waals surface area contributed by atoms with Gasteiger partial charge in [0.15, 0.2) is 0 Å². The molecular formula is C11H21N3OS. The fourth-order valence-corrected chi connectivity index (χ4v) is 3.10. The van der Waals surface area contributed by atoms with Crippen molar-refractivity contribution in [2.24, 2.45) is 0 Å². The van der Waals surface area contributed by atoms with Crippen LogP contribution in [0.3, 0.4) is 0 Å². The maximum absolute atomic E-state index is 11.2. The average molecular weight is 243 g/mol. The number of nitriles is 1. The lowest BCUT2D eigenvalue weighted by Gasteiger charge is -2.35. The van der Waals surface area contributed by atoms with E-state index < -0.39 is 16.3 Å². The molecule has 1 aliphatic heterocycles. The van der Waals surface area contributed by atoms with Crippen LogP contribution >= 0.6 is 0 Å². The molecule has 0 aromatic heterocycles. The highest BCUT2D eigenvalue weighted by Crippen LogP contribution is 2.16. The van der Waals surface area contributed by atoms with Gasteiger partial charge in [0.05, 0.1) is 6.07 Å². The van der Waals surface area contributed by atoms with Crippen molar-refractivity contribution in [2.75, 3.05) is 31.6 Å². The summed E-state index contributed by atoms with van der Waals surface area (Å²) >= 11 is 0. The van der Waals surface area contributed by atoms with Gasteiger partial charge in [-0.25, -0.2) is 0 Å². The molecule has 0 bridgehead atoms. The molecule has 16 heavy (non-hydrogen) atoms. The summed E-state index contributed by atoms with van der Waals surface area (Å²) in [5.74, 6) is 1.54. The van der Waals surface area contributed by atoms with Crippen LogP contribution in [-0.4, -0.2) is 52.3 Å². The Kier molecular flexibility index (Phi) is 4.90. The van der Waals surface area contributed by atoms with Crippen molar-refractivity contribution in [3.8, 4) is 6.07 Å². The zero-order chi connectivity index (χ0) is 12.2. The Morgan fingerprint density at radius 2 is 2.12 bits per heavy atom. The van der Waals surface area contributed by atoms with Crippen molar-refractivity contribution in [1.82, 2.24) is 10.2 Å². The van der Waals surface area contributed by atoms with Gasteiger partial charge in [-0.05, 0) is 27.3 Å². The molecule has 0 spiro atoms. The normalized spacial score (nSPS) is 24.6. The minimum Gasteiger partial charge on any atom is -0.303 e. The van der Waals surface area contributed by atoms with E-state index in [1.165, 1.54) is 0 Å². The lowest BCUT2D eigenvalue weighted by atomic mass is 9.95. The van der Waals surface area contributed by atoms with Gasteiger partial charge in [-0.2, -0.15) is 5.26 Å². The van der Waals surface area contributed by atoms with Crippen molar-refractivity contribution in [3.05, 3.63) is 0 Å². The van der Waals surface area contributed by atoms with Crippen LogP contribution in [0.15, 0.2) is 0 Å². The summed E-state index contributed by atoms with van der Waals surface area (Å²) in [6, 6.07) is 2.67. The van der Waals surface area contributed by atoms with Crippen LogP contribution in [0.4, 0.5) is 0 Å². The smallest absolute Gasteiger partial charge is 0.105 e. The summed E-state index contributed by atoms with van der Waals surface area (Å²) in [7, 11) is 1.19. The van der Waals surface area contributed by atoms with Crippen molar-refractivity contribution in [3.63, 3.8) is 0 Å². The van der Waals surface area contributed by atoms with Crippen molar-refractivity contribution in [2.45, 2.75) is 31.8 Å². The first-order valence-corrected chi connectivity index (χ1v) is 7.19. The Labute approximate surface area is 100 Å². The molecule has 0 saturated carbocycles. The summed E-state index contributed by atoms with van der Waals surface area (Å²) in [6.07, 6.45) is 0.798. The largest absolute Gasteiger partial charge is 0.303 e. The molecule has 1 rings (SSSR count). The van der Waals surface area contributed by atoms with E-state index in [1.807, 2.05) is 14.0 Å². The van der Waals surface area contributed by atoms with E-state index in [4.69, 9.17) is 5.26 Å². The molecule has 0 aromatic carbocycles. The highest BCUT2D eigenvalue weighted by atomic mass is 32.2. The van der Waals surface area contributed by atoms with Gasteiger partial charge in [-0.3, -0.25) is 9.11 Å². The van der Waals surface area contributed by atoms with Gasteiger partial charge >= 0.3 is 0 Å². The first-order chi connectivity index (χ1) is 7.50. The van der Waals surface area contributed by atoms with Gasteiger partial charge in [0, 0.05) is 41.4 Å². The Morgan fingerprint density at radius 1 is 1.56 bits per heavy atom. The van der Waals surface area contributed by atoms with Crippen LogP contribution in [0, 0.1) is 11.3 Å². The van der Waals surface area contributed by atoms with Gasteiger partial charge in [0.25, 0.3) is 0 Å². The molecule has 1 fully saturated rings. The third kappa shape index (κ3) is 3.55. The lowest BCUT2D eigenvalue weighted by molar-refractivity contribution is 0.193. The number of hydrogen-bond acceptors (Lipinski definition) is 4. The zero-order valence-electron chi connectivity index (χ0n) is 10.3. The standard InChI is InChI=1S/C11H21N3OS/c1-10(8-11(2,9-12)13-3)14-4-6-16(15)7-5-14/h10,13H,4-8H2,1-3H3. The maximum Gasteiger partial charge on any atom is 0.105 e. The second-order valence-corrected chi connectivity index (χ2v) is 6.33. The maximum atomic E-state index is 11.2. The monoisotopic (exact) mass is 243 g/mol. The van der Waals surface area contributed by atoms with E-state index in [1.54, 1.807) is 0 Å². The molecule has 92 valence electrons. The lowest BCUT2D eigenvalue weighted by Crippen LogP contribution is -2.49. The predicted octanol–water partition coefficient (Wildman–Crippen LogP) is 0.331. The van der Waals surface area contributed by atoms with E-state index in [9.17, 15) is 4.21 Å². The fraction of sp³-hybridized carbons (Fsp3) is 0.909. The number of rotatable bonds is 4. The first-order valence-electron chi connectivity index (χ1n) is 5.70. The molecule has 4 nitrogen and oxygen atoms in total. The van der Waals surface area contributed by atoms with E-state index in [-0.39, 0.29) is 0 Å². The van der Waals surface area contributed by atoms with Crippen LogP contribution in [0.2, 0.25) is 0 Å². The minimum absolute atomic E-state index is 0.356. The predicted molar refractivity (Wildman–Crippen MR) is 66.6 cm³/mol. The average Bonchev–Trinajstić information content (AvgIpc) is 2.29. The fourth-order valence-electron chi connectivity index (χ4n) is 2.02. The second kappa shape index (κ2) is 5.76. The Morgan fingerprint density at radius 3 is 2.56 bits per heavy atom. The highest BCUT2D eigenvalue weighted by Gasteiger charge is 2.28. The molecule has 0 amide bonds. The van der Waals surface area contributed by atoms with E-state index in [0.29, 0.717) is 6.04 Å². The first kappa shape index (κ1) is 13.6. The number of nitrogens with zero attached hydrogens (tertiary/aromatic N) is 2. The number of nitrogens with one attached hydrogen (secondary N) is 1. The van der Waals surface area contributed by atoms with Crippen molar-refractivity contribution < 1.29 is 4.21 Å². The van der Waals surface area contributed by atoms with Crippen LogP contribution in [0.1, 0.15) is 20.3 Å². The van der Waals surface area contributed by atoms with E-state index in [0.717, 1.165) is 31.0 Å². The summed E-state index contributed by atoms with van der Waals surface area (Å²) in [4.78, 5) is 2.33. The topological polar surface area (TPSA) is 56.1 Å². The molecule has 0 radical (unpaired) electrons. The van der Waals surface area contributed by atoms with Crippen LogP contribution < -0.4 is 5.32 Å². The van der Waals surface area contributed by atoms with Gasteiger partial charge in [0.2, 0.25) is 0 Å². The highest BCUT2D eigenvalue weighted by molar-refractivity contribution is 7.85. The van der Waals surface area contributed by atoms with Crippen LogP contribution in [0.5, 0.6) is 0 Å². The third-order valence-corrected chi connectivity index (χ3v) is 4.61. The summed E-state index contributed by atoms with van der Waals surface area (Å²) < 4.78 is 11.2. The Bertz CT molecular complexity index is 292. The van der Waals surface area contributed by atoms with Crippen molar-refractivity contribution >= 4 is 10.8 Å². The van der Waals surface area contributed by atoms with E-state index >= 15 is 0 Å². The molecule has 5 heteroatoms. The van der Waals surface area contributed by atoms with Crippen LogP contribution in [0.25, 0.3) is 0 Å². The molecule has 2 unspecified atom stereocenters. The third-order valence-electron chi connectivity index (χ3n) is 3.34. The van der Waals surface area contributed by atoms with E-state index in [2.05, 4.69) is 23.2 Å². The molecule has 1 heterocycles. The van der Waals surface area contributed by atoms with Gasteiger partial charge in [-0.15, -0.1) is 0 Å². The SMILES string of the molecule is CNC(C)(C#N)CC(C)N1CCS(=O)CC1. The summed E-state index contributed by atoms with van der Waals surface area (Å²) in [5, 5.41) is 12.2. The molecule has 0 aromatic rings. The van der Waals surface area contributed by atoms with Crippen LogP contribution in [-0.2, 0) is 10.8 Å². The molecule has 2 atom stereocenters. The zero-order valence-corrected chi connectivity index (χ0v) is 11.1. The van der Waals surface area contributed by atoms with Gasteiger partial charge in [0.1, 0.15) is 5.54 Å². The van der Waals surface area contributed by atoms with Gasteiger partial charge < -0.3 is 5.32 Å². The van der Waals surface area contributed by atoms with Crippen molar-refractivity contribution in [1.29, 1.82) is 5.26 Å².